The maximum Gasteiger partial charge on any atom is 0.247 e. The first-order valence-corrected chi connectivity index (χ1v) is 8.56. The maximum absolute atomic E-state index is 5.97. The second kappa shape index (κ2) is 5.96. The van der Waals surface area contributed by atoms with Gasteiger partial charge in [0.1, 0.15) is 0 Å². The summed E-state index contributed by atoms with van der Waals surface area (Å²) in [6.07, 6.45) is 5.25. The summed E-state index contributed by atoms with van der Waals surface area (Å²) in [5.74, 6) is 1.84. The van der Waals surface area contributed by atoms with E-state index in [0.717, 1.165) is 30.5 Å². The highest BCUT2D eigenvalue weighted by Crippen LogP contribution is 2.34. The second-order valence-electron chi connectivity index (χ2n) is 6.95. The molecule has 0 bridgehead atoms. The molecule has 1 saturated carbocycles. The summed E-state index contributed by atoms with van der Waals surface area (Å²) in [5, 5.41) is 8.58. The van der Waals surface area contributed by atoms with Crippen LogP contribution in [0, 0.1) is 0 Å². The summed E-state index contributed by atoms with van der Waals surface area (Å²) < 4.78 is 5.97. The van der Waals surface area contributed by atoms with E-state index in [1.807, 2.05) is 26.2 Å². The van der Waals surface area contributed by atoms with Crippen LogP contribution in [0.5, 0.6) is 0 Å². The zero-order valence-electron chi connectivity index (χ0n) is 13.9. The van der Waals surface area contributed by atoms with E-state index in [4.69, 9.17) is 4.42 Å². The van der Waals surface area contributed by atoms with Gasteiger partial charge in [0.25, 0.3) is 0 Å². The largest absolute Gasteiger partial charge is 0.420 e. The van der Waals surface area contributed by atoms with Crippen molar-refractivity contribution in [2.75, 3.05) is 32.1 Å². The molecule has 1 aromatic heterocycles. The lowest BCUT2D eigenvalue weighted by atomic mass is 9.92. The normalized spacial score (nSPS) is 22.3. The summed E-state index contributed by atoms with van der Waals surface area (Å²) in [6.45, 7) is 2.25. The Labute approximate surface area is 137 Å². The molecule has 2 heterocycles. The molecule has 1 aliphatic carbocycles. The second-order valence-corrected chi connectivity index (χ2v) is 6.95. The quantitative estimate of drug-likeness (QED) is 0.868. The fraction of sp³-hybridized carbons (Fsp3) is 0.556. The Morgan fingerprint density at radius 1 is 1.09 bits per heavy atom. The van der Waals surface area contributed by atoms with Gasteiger partial charge in [-0.05, 0) is 50.1 Å². The van der Waals surface area contributed by atoms with Gasteiger partial charge in [0, 0.05) is 37.9 Å². The Morgan fingerprint density at radius 3 is 2.52 bits per heavy atom. The number of anilines is 1. The van der Waals surface area contributed by atoms with Crippen molar-refractivity contribution in [2.24, 2.45) is 0 Å². The number of nitrogens with zero attached hydrogens (tertiary/aromatic N) is 4. The molecule has 1 aromatic carbocycles. The Kier molecular flexibility index (Phi) is 3.81. The van der Waals surface area contributed by atoms with Crippen molar-refractivity contribution in [3.63, 3.8) is 0 Å². The first kappa shape index (κ1) is 14.7. The molecule has 23 heavy (non-hydrogen) atoms. The van der Waals surface area contributed by atoms with Crippen LogP contribution >= 0.6 is 0 Å². The summed E-state index contributed by atoms with van der Waals surface area (Å²) in [5.41, 5.74) is 2.16. The Bertz CT molecular complexity index is 660. The minimum atomic E-state index is 0.401. The molecule has 1 aliphatic heterocycles. The van der Waals surface area contributed by atoms with Gasteiger partial charge in [-0.3, -0.25) is 4.90 Å². The number of likely N-dealkylation sites (tertiary alicyclic amines) is 1. The lowest BCUT2D eigenvalue weighted by molar-refractivity contribution is 0.156. The molecule has 1 atom stereocenters. The van der Waals surface area contributed by atoms with Crippen molar-refractivity contribution in [2.45, 2.75) is 37.6 Å². The highest BCUT2D eigenvalue weighted by Gasteiger charge is 2.34. The summed E-state index contributed by atoms with van der Waals surface area (Å²) >= 11 is 0. The van der Waals surface area contributed by atoms with Crippen LogP contribution < -0.4 is 4.90 Å². The first-order chi connectivity index (χ1) is 11.2. The minimum Gasteiger partial charge on any atom is -0.420 e. The van der Waals surface area contributed by atoms with Crippen LogP contribution in [-0.2, 0) is 0 Å². The number of hydrogen-bond donors (Lipinski definition) is 0. The Morgan fingerprint density at radius 2 is 1.87 bits per heavy atom. The average Bonchev–Trinajstić information content (AvgIpc) is 3.14. The van der Waals surface area contributed by atoms with E-state index < -0.39 is 0 Å². The molecule has 0 unspecified atom stereocenters. The smallest absolute Gasteiger partial charge is 0.247 e. The van der Waals surface area contributed by atoms with Crippen molar-refractivity contribution < 1.29 is 4.42 Å². The number of aromatic nitrogens is 2. The standard InChI is InChI=1S/C18H24N4O/c1-21(2)15-8-6-13(7-9-15)17-19-20-18(23-17)14-10-11-22(12-14)16-4-3-5-16/h6-9,14,16H,3-5,10-12H2,1-2H3/t14-/m0/s1. The Balaban J connectivity index is 1.46. The van der Waals surface area contributed by atoms with E-state index in [-0.39, 0.29) is 0 Å². The van der Waals surface area contributed by atoms with Crippen LogP contribution in [0.2, 0.25) is 0 Å². The minimum absolute atomic E-state index is 0.401. The van der Waals surface area contributed by atoms with Gasteiger partial charge >= 0.3 is 0 Å². The van der Waals surface area contributed by atoms with E-state index >= 15 is 0 Å². The van der Waals surface area contributed by atoms with Crippen LogP contribution in [0.1, 0.15) is 37.5 Å². The van der Waals surface area contributed by atoms with Gasteiger partial charge in [-0.25, -0.2) is 0 Å². The van der Waals surface area contributed by atoms with Crippen molar-refractivity contribution >= 4 is 5.69 Å². The molecular weight excluding hydrogens is 288 g/mol. The third-order valence-electron chi connectivity index (χ3n) is 5.23. The molecule has 5 heteroatoms. The molecular formula is C18H24N4O. The Hall–Kier alpha value is -1.88. The molecule has 0 amide bonds. The van der Waals surface area contributed by atoms with Crippen molar-refractivity contribution in [3.8, 4) is 11.5 Å². The molecule has 0 radical (unpaired) electrons. The zero-order valence-corrected chi connectivity index (χ0v) is 13.9. The molecule has 0 N–H and O–H groups in total. The SMILES string of the molecule is CN(C)c1ccc(-c2nnc([C@H]3CCN(C4CCC4)C3)o2)cc1. The summed E-state index contributed by atoms with van der Waals surface area (Å²) in [4.78, 5) is 4.68. The molecule has 0 spiro atoms. The maximum atomic E-state index is 5.97. The zero-order chi connectivity index (χ0) is 15.8. The highest BCUT2D eigenvalue weighted by molar-refractivity contribution is 5.58. The van der Waals surface area contributed by atoms with Crippen molar-refractivity contribution in [3.05, 3.63) is 30.2 Å². The predicted octanol–water partition coefficient (Wildman–Crippen LogP) is 3.14. The van der Waals surface area contributed by atoms with Crippen molar-refractivity contribution in [1.82, 2.24) is 15.1 Å². The number of rotatable bonds is 4. The van der Waals surface area contributed by atoms with E-state index in [1.165, 1.54) is 31.5 Å². The fourth-order valence-electron chi connectivity index (χ4n) is 3.49. The lowest BCUT2D eigenvalue weighted by Crippen LogP contribution is -2.38. The number of benzene rings is 1. The third kappa shape index (κ3) is 2.85. The van der Waals surface area contributed by atoms with Crippen LogP contribution in [0.25, 0.3) is 11.5 Å². The first-order valence-electron chi connectivity index (χ1n) is 8.56. The summed E-state index contributed by atoms with van der Waals surface area (Å²) in [6, 6.07) is 9.05. The van der Waals surface area contributed by atoms with Crippen molar-refractivity contribution in [1.29, 1.82) is 0 Å². The van der Waals surface area contributed by atoms with Crippen LogP contribution in [-0.4, -0.2) is 48.3 Å². The number of hydrogen-bond acceptors (Lipinski definition) is 5. The van der Waals surface area contributed by atoms with Gasteiger partial charge in [-0.2, -0.15) is 0 Å². The molecule has 1 saturated heterocycles. The van der Waals surface area contributed by atoms with Gasteiger partial charge in [-0.15, -0.1) is 10.2 Å². The van der Waals surface area contributed by atoms with Gasteiger partial charge in [0.15, 0.2) is 0 Å². The molecule has 4 rings (SSSR count). The molecule has 2 fully saturated rings. The predicted molar refractivity (Wildman–Crippen MR) is 90.6 cm³/mol. The van der Waals surface area contributed by atoms with Crippen LogP contribution in [0.4, 0.5) is 5.69 Å². The van der Waals surface area contributed by atoms with E-state index in [1.54, 1.807) is 0 Å². The van der Waals surface area contributed by atoms with Gasteiger partial charge in [-0.1, -0.05) is 6.42 Å². The van der Waals surface area contributed by atoms with Gasteiger partial charge in [0.05, 0.1) is 5.92 Å². The monoisotopic (exact) mass is 312 g/mol. The van der Waals surface area contributed by atoms with E-state index in [9.17, 15) is 0 Å². The molecule has 122 valence electrons. The lowest BCUT2D eigenvalue weighted by Gasteiger charge is -2.34. The van der Waals surface area contributed by atoms with Gasteiger partial charge in [0.2, 0.25) is 11.8 Å². The molecule has 2 aliphatic rings. The highest BCUT2D eigenvalue weighted by atomic mass is 16.4. The topological polar surface area (TPSA) is 45.4 Å². The average molecular weight is 312 g/mol. The summed E-state index contributed by atoms with van der Waals surface area (Å²) in [7, 11) is 4.07. The molecule has 5 nitrogen and oxygen atoms in total. The van der Waals surface area contributed by atoms with Crippen LogP contribution in [0.15, 0.2) is 28.7 Å². The molecule has 2 aromatic rings. The fourth-order valence-corrected chi connectivity index (χ4v) is 3.49. The van der Waals surface area contributed by atoms with Crippen LogP contribution in [0.3, 0.4) is 0 Å². The van der Waals surface area contributed by atoms with E-state index in [0.29, 0.717) is 11.8 Å². The third-order valence-corrected chi connectivity index (χ3v) is 5.23. The van der Waals surface area contributed by atoms with E-state index in [2.05, 4.69) is 32.1 Å². The van der Waals surface area contributed by atoms with Gasteiger partial charge < -0.3 is 9.32 Å².